The van der Waals surface area contributed by atoms with Crippen molar-refractivity contribution in [3.05, 3.63) is 65.7 Å². The van der Waals surface area contributed by atoms with E-state index >= 15 is 0 Å². The summed E-state index contributed by atoms with van der Waals surface area (Å²) in [5.74, 6) is 1.07. The van der Waals surface area contributed by atoms with E-state index in [4.69, 9.17) is 16.3 Å². The minimum atomic E-state index is -0.572. The number of halogens is 1. The van der Waals surface area contributed by atoms with Crippen LogP contribution in [0.3, 0.4) is 0 Å². The van der Waals surface area contributed by atoms with Gasteiger partial charge in [0.15, 0.2) is 0 Å². The second-order valence-electron chi connectivity index (χ2n) is 6.07. The highest BCUT2D eigenvalue weighted by Crippen LogP contribution is 2.18. The zero-order valence-electron chi connectivity index (χ0n) is 13.5. The first-order valence-corrected chi connectivity index (χ1v) is 8.15. The van der Waals surface area contributed by atoms with Gasteiger partial charge in [-0.05, 0) is 37.1 Å². The van der Waals surface area contributed by atoms with Crippen LogP contribution in [0.1, 0.15) is 25.0 Å². The molecule has 3 nitrogen and oxygen atoms in total. The van der Waals surface area contributed by atoms with Crippen LogP contribution in [-0.4, -0.2) is 11.8 Å². The van der Waals surface area contributed by atoms with Crippen LogP contribution in [0.15, 0.2) is 54.6 Å². The summed E-state index contributed by atoms with van der Waals surface area (Å²) < 4.78 is 5.79. The summed E-state index contributed by atoms with van der Waals surface area (Å²) in [5.41, 5.74) is 1.53. The average Bonchev–Trinajstić information content (AvgIpc) is 2.59. The van der Waals surface area contributed by atoms with Crippen LogP contribution in [0, 0.1) is 5.41 Å². The van der Waals surface area contributed by atoms with Gasteiger partial charge in [0.1, 0.15) is 12.4 Å². The molecule has 1 N–H and O–H groups in total. The average molecular weight is 332 g/mol. The predicted molar refractivity (Wildman–Crippen MR) is 93.6 cm³/mol. The first kappa shape index (κ1) is 17.4. The van der Waals surface area contributed by atoms with Crippen molar-refractivity contribution in [3.8, 4) is 5.75 Å². The SMILES string of the molecule is CC(C)(CCl)C(=O)NCc1ccccc1COc1ccccc1. The molecule has 0 aliphatic rings. The Labute approximate surface area is 142 Å². The van der Waals surface area contributed by atoms with E-state index in [1.54, 1.807) is 0 Å². The maximum atomic E-state index is 12.1. The highest BCUT2D eigenvalue weighted by molar-refractivity contribution is 6.19. The van der Waals surface area contributed by atoms with Crippen LogP contribution >= 0.6 is 11.6 Å². The normalized spacial score (nSPS) is 11.1. The van der Waals surface area contributed by atoms with Gasteiger partial charge in [0.25, 0.3) is 0 Å². The first-order chi connectivity index (χ1) is 11.0. The summed E-state index contributed by atoms with van der Waals surface area (Å²) >= 11 is 5.84. The van der Waals surface area contributed by atoms with Crippen molar-refractivity contribution >= 4 is 17.5 Å². The molecule has 0 aliphatic carbocycles. The van der Waals surface area contributed by atoms with Crippen LogP contribution in [0.25, 0.3) is 0 Å². The van der Waals surface area contributed by atoms with Crippen molar-refractivity contribution in [3.63, 3.8) is 0 Å². The molecule has 0 radical (unpaired) electrons. The third-order valence-corrected chi connectivity index (χ3v) is 4.31. The third-order valence-electron chi connectivity index (χ3n) is 3.64. The molecule has 0 fully saturated rings. The Balaban J connectivity index is 1.99. The fraction of sp³-hybridized carbons (Fsp3) is 0.316. The van der Waals surface area contributed by atoms with Gasteiger partial charge in [-0.15, -0.1) is 11.6 Å². The molecule has 122 valence electrons. The van der Waals surface area contributed by atoms with Crippen LogP contribution < -0.4 is 10.1 Å². The lowest BCUT2D eigenvalue weighted by Crippen LogP contribution is -2.37. The second-order valence-corrected chi connectivity index (χ2v) is 6.34. The van der Waals surface area contributed by atoms with Gasteiger partial charge >= 0.3 is 0 Å². The van der Waals surface area contributed by atoms with Gasteiger partial charge in [-0.25, -0.2) is 0 Å². The van der Waals surface area contributed by atoms with Gasteiger partial charge in [0.2, 0.25) is 5.91 Å². The van der Waals surface area contributed by atoms with Crippen LogP contribution in [-0.2, 0) is 17.9 Å². The lowest BCUT2D eigenvalue weighted by Gasteiger charge is -2.21. The Bertz CT molecular complexity index is 641. The summed E-state index contributed by atoms with van der Waals surface area (Å²) in [5, 5.41) is 2.95. The van der Waals surface area contributed by atoms with E-state index in [9.17, 15) is 4.79 Å². The number of hydrogen-bond acceptors (Lipinski definition) is 2. The van der Waals surface area contributed by atoms with Crippen molar-refractivity contribution < 1.29 is 9.53 Å². The molecule has 0 aromatic heterocycles. The highest BCUT2D eigenvalue weighted by atomic mass is 35.5. The summed E-state index contributed by atoms with van der Waals surface area (Å²) in [6.45, 7) is 4.60. The molecular weight excluding hydrogens is 310 g/mol. The molecule has 4 heteroatoms. The van der Waals surface area contributed by atoms with Crippen molar-refractivity contribution in [2.75, 3.05) is 5.88 Å². The number of nitrogens with one attached hydrogen (secondary N) is 1. The molecule has 23 heavy (non-hydrogen) atoms. The van der Waals surface area contributed by atoms with E-state index in [2.05, 4.69) is 5.32 Å². The standard InChI is InChI=1S/C19H22ClNO2/c1-19(2,14-20)18(22)21-12-15-8-6-7-9-16(15)13-23-17-10-4-3-5-11-17/h3-11H,12-14H2,1-2H3,(H,21,22). The fourth-order valence-electron chi connectivity index (χ4n) is 2.02. The number of carbonyl (C=O) groups is 1. The molecule has 2 rings (SSSR count). The van der Waals surface area contributed by atoms with Gasteiger partial charge < -0.3 is 10.1 Å². The summed E-state index contributed by atoms with van der Waals surface area (Å²) in [6, 6.07) is 17.6. The number of rotatable bonds is 7. The van der Waals surface area contributed by atoms with E-state index < -0.39 is 5.41 Å². The molecule has 2 aromatic rings. The van der Waals surface area contributed by atoms with Crippen molar-refractivity contribution in [1.82, 2.24) is 5.32 Å². The molecule has 0 atom stereocenters. The Morgan fingerprint density at radius 3 is 2.30 bits per heavy atom. The second kappa shape index (κ2) is 8.02. The zero-order valence-corrected chi connectivity index (χ0v) is 14.3. The van der Waals surface area contributed by atoms with Gasteiger partial charge in [-0.2, -0.15) is 0 Å². The lowest BCUT2D eigenvalue weighted by molar-refractivity contribution is -0.128. The van der Waals surface area contributed by atoms with Gasteiger partial charge in [-0.1, -0.05) is 42.5 Å². The number of ether oxygens (including phenoxy) is 1. The number of carbonyl (C=O) groups excluding carboxylic acids is 1. The molecule has 1 amide bonds. The lowest BCUT2D eigenvalue weighted by atomic mass is 9.95. The number of amides is 1. The maximum Gasteiger partial charge on any atom is 0.227 e. The smallest absolute Gasteiger partial charge is 0.227 e. The molecule has 0 aliphatic heterocycles. The maximum absolute atomic E-state index is 12.1. The number of alkyl halides is 1. The Hall–Kier alpha value is -2.00. The van der Waals surface area contributed by atoms with E-state index in [0.29, 0.717) is 13.2 Å². The van der Waals surface area contributed by atoms with E-state index in [0.717, 1.165) is 16.9 Å². The predicted octanol–water partition coefficient (Wildman–Crippen LogP) is 4.15. The monoisotopic (exact) mass is 331 g/mol. The molecular formula is C19H22ClNO2. The summed E-state index contributed by atoms with van der Waals surface area (Å²) in [7, 11) is 0. The highest BCUT2D eigenvalue weighted by Gasteiger charge is 2.26. The van der Waals surface area contributed by atoms with Gasteiger partial charge in [0, 0.05) is 12.4 Å². The minimum Gasteiger partial charge on any atom is -0.489 e. The summed E-state index contributed by atoms with van der Waals surface area (Å²) in [4.78, 5) is 12.1. The van der Waals surface area contributed by atoms with Crippen molar-refractivity contribution in [2.45, 2.75) is 27.0 Å². The molecule has 0 unspecified atom stereocenters. The Morgan fingerprint density at radius 2 is 1.65 bits per heavy atom. The third kappa shape index (κ3) is 5.00. The van der Waals surface area contributed by atoms with Gasteiger partial charge in [-0.3, -0.25) is 4.79 Å². The van der Waals surface area contributed by atoms with E-state index in [1.165, 1.54) is 0 Å². The molecule has 0 saturated carbocycles. The number of benzene rings is 2. The van der Waals surface area contributed by atoms with Crippen molar-refractivity contribution in [1.29, 1.82) is 0 Å². The van der Waals surface area contributed by atoms with Gasteiger partial charge in [0.05, 0.1) is 5.41 Å². The molecule has 0 spiro atoms. The molecule has 0 bridgehead atoms. The largest absolute Gasteiger partial charge is 0.489 e. The van der Waals surface area contributed by atoms with Crippen LogP contribution in [0.4, 0.5) is 0 Å². The number of hydrogen-bond donors (Lipinski definition) is 1. The molecule has 0 saturated heterocycles. The summed E-state index contributed by atoms with van der Waals surface area (Å²) in [6.07, 6.45) is 0. The zero-order chi connectivity index (χ0) is 16.7. The molecule has 2 aromatic carbocycles. The van der Waals surface area contributed by atoms with E-state index in [-0.39, 0.29) is 11.8 Å². The number of para-hydroxylation sites is 1. The first-order valence-electron chi connectivity index (χ1n) is 7.62. The fourth-order valence-corrected chi connectivity index (χ4v) is 2.15. The van der Waals surface area contributed by atoms with Crippen LogP contribution in [0.2, 0.25) is 0 Å². The van der Waals surface area contributed by atoms with E-state index in [1.807, 2.05) is 68.4 Å². The Morgan fingerprint density at radius 1 is 1.04 bits per heavy atom. The van der Waals surface area contributed by atoms with Crippen molar-refractivity contribution in [2.24, 2.45) is 5.41 Å². The Kier molecular flexibility index (Phi) is 6.05. The topological polar surface area (TPSA) is 38.3 Å². The molecule has 0 heterocycles. The minimum absolute atomic E-state index is 0.0497. The quantitative estimate of drug-likeness (QED) is 0.774. The van der Waals surface area contributed by atoms with Crippen LogP contribution in [0.5, 0.6) is 5.75 Å².